The first-order chi connectivity index (χ1) is 9.43. The van der Waals surface area contributed by atoms with Crippen molar-refractivity contribution in [1.82, 2.24) is 0 Å². The van der Waals surface area contributed by atoms with E-state index in [1.807, 2.05) is 0 Å². The second kappa shape index (κ2) is 5.36. The molecule has 20 heavy (non-hydrogen) atoms. The van der Waals surface area contributed by atoms with Crippen molar-refractivity contribution in [3.63, 3.8) is 0 Å². The van der Waals surface area contributed by atoms with E-state index in [1.54, 1.807) is 30.3 Å². The number of alkyl halides is 3. The summed E-state index contributed by atoms with van der Waals surface area (Å²) < 4.78 is 43.5. The summed E-state index contributed by atoms with van der Waals surface area (Å²) in [7, 11) is 1.05. The second-order valence-corrected chi connectivity index (χ2v) is 4.12. The Morgan fingerprint density at radius 2 is 1.65 bits per heavy atom. The Hall–Kier alpha value is -2.30. The Morgan fingerprint density at radius 1 is 1.00 bits per heavy atom. The number of carbonyl (C=O) groups excluding carboxylic acids is 1. The van der Waals surface area contributed by atoms with E-state index in [0.29, 0.717) is 11.1 Å². The summed E-state index contributed by atoms with van der Waals surface area (Å²) in [5.41, 5.74) is -0.439. The zero-order chi connectivity index (χ0) is 14.8. The number of methoxy groups -OCH3 is 1. The molecule has 0 saturated heterocycles. The lowest BCUT2D eigenvalue weighted by Crippen LogP contribution is -2.14. The molecule has 0 aliphatic rings. The molecule has 0 spiro atoms. The van der Waals surface area contributed by atoms with Crippen molar-refractivity contribution in [3.05, 3.63) is 59.7 Å². The molecule has 0 amide bonds. The van der Waals surface area contributed by atoms with E-state index in [-0.39, 0.29) is 0 Å². The highest BCUT2D eigenvalue weighted by molar-refractivity contribution is 5.92. The second-order valence-electron chi connectivity index (χ2n) is 4.12. The van der Waals surface area contributed by atoms with Gasteiger partial charge in [-0.1, -0.05) is 36.4 Å². The third-order valence-electron chi connectivity index (χ3n) is 2.84. The highest BCUT2D eigenvalue weighted by Crippen LogP contribution is 2.35. The predicted molar refractivity (Wildman–Crippen MR) is 68.2 cm³/mol. The zero-order valence-corrected chi connectivity index (χ0v) is 10.6. The van der Waals surface area contributed by atoms with Gasteiger partial charge in [-0.25, -0.2) is 4.79 Å². The molecule has 2 nitrogen and oxygen atoms in total. The van der Waals surface area contributed by atoms with Crippen LogP contribution >= 0.6 is 0 Å². The van der Waals surface area contributed by atoms with Gasteiger partial charge in [0, 0.05) is 0 Å². The standard InChI is InChI=1S/C15H11F3O2/c1-20-14(19)12-8-7-11(9-13(12)15(16,17)18)10-5-3-2-4-6-10/h2-9H,1H3. The molecule has 0 fully saturated rings. The Morgan fingerprint density at radius 3 is 2.20 bits per heavy atom. The first-order valence-corrected chi connectivity index (χ1v) is 5.78. The highest BCUT2D eigenvalue weighted by Gasteiger charge is 2.35. The molecule has 0 heterocycles. The first kappa shape index (κ1) is 14.1. The van der Waals surface area contributed by atoms with Crippen LogP contribution in [0.4, 0.5) is 13.2 Å². The Bertz CT molecular complexity index is 619. The summed E-state index contributed by atoms with van der Waals surface area (Å²) in [6, 6.07) is 12.2. The molecule has 0 atom stereocenters. The van der Waals surface area contributed by atoms with E-state index < -0.39 is 23.3 Å². The third-order valence-corrected chi connectivity index (χ3v) is 2.84. The van der Waals surface area contributed by atoms with Crippen LogP contribution in [-0.2, 0) is 10.9 Å². The monoisotopic (exact) mass is 280 g/mol. The van der Waals surface area contributed by atoms with Gasteiger partial charge in [-0.2, -0.15) is 13.2 Å². The highest BCUT2D eigenvalue weighted by atomic mass is 19.4. The molecule has 2 rings (SSSR count). The summed E-state index contributed by atoms with van der Waals surface area (Å²) in [5.74, 6) is -1.00. The van der Waals surface area contributed by atoms with Gasteiger partial charge in [0.05, 0.1) is 18.2 Å². The summed E-state index contributed by atoms with van der Waals surface area (Å²) in [4.78, 5) is 11.4. The summed E-state index contributed by atoms with van der Waals surface area (Å²) >= 11 is 0. The molecule has 0 bridgehead atoms. The molecule has 0 N–H and O–H groups in total. The summed E-state index contributed by atoms with van der Waals surface area (Å²) in [6.45, 7) is 0. The van der Waals surface area contributed by atoms with Crippen molar-refractivity contribution in [3.8, 4) is 11.1 Å². The van der Waals surface area contributed by atoms with E-state index in [1.165, 1.54) is 6.07 Å². The lowest BCUT2D eigenvalue weighted by molar-refractivity contribution is -0.138. The molecule has 5 heteroatoms. The van der Waals surface area contributed by atoms with Gasteiger partial charge in [0.15, 0.2) is 0 Å². The van der Waals surface area contributed by atoms with Gasteiger partial charge in [0.25, 0.3) is 0 Å². The molecule has 0 saturated carbocycles. The lowest BCUT2D eigenvalue weighted by atomic mass is 9.99. The number of hydrogen-bond acceptors (Lipinski definition) is 2. The average molecular weight is 280 g/mol. The quantitative estimate of drug-likeness (QED) is 0.772. The van der Waals surface area contributed by atoms with E-state index in [2.05, 4.69) is 4.74 Å². The minimum absolute atomic E-state index is 0.394. The van der Waals surface area contributed by atoms with Crippen LogP contribution in [0.1, 0.15) is 15.9 Å². The fourth-order valence-corrected chi connectivity index (χ4v) is 1.88. The topological polar surface area (TPSA) is 26.3 Å². The van der Waals surface area contributed by atoms with Crippen molar-refractivity contribution in [2.75, 3.05) is 7.11 Å². The molecule has 0 unspecified atom stereocenters. The molecule has 0 aliphatic carbocycles. The third kappa shape index (κ3) is 2.82. The van der Waals surface area contributed by atoms with Gasteiger partial charge in [-0.05, 0) is 23.3 Å². The van der Waals surface area contributed by atoms with Crippen LogP contribution in [0.5, 0.6) is 0 Å². The maximum Gasteiger partial charge on any atom is 0.417 e. The predicted octanol–water partition coefficient (Wildman–Crippen LogP) is 4.16. The number of rotatable bonds is 2. The van der Waals surface area contributed by atoms with Crippen LogP contribution in [0.15, 0.2) is 48.5 Å². The fraction of sp³-hybridized carbons (Fsp3) is 0.133. The van der Waals surface area contributed by atoms with Gasteiger partial charge in [0.2, 0.25) is 0 Å². The molecule has 2 aromatic rings. The summed E-state index contributed by atoms with van der Waals surface area (Å²) in [6.07, 6.45) is -4.62. The Balaban J connectivity index is 2.58. The van der Waals surface area contributed by atoms with E-state index in [9.17, 15) is 18.0 Å². The maximum atomic E-state index is 13.0. The van der Waals surface area contributed by atoms with Crippen LogP contribution in [0, 0.1) is 0 Å². The molecule has 104 valence electrons. The number of benzene rings is 2. The molecular weight excluding hydrogens is 269 g/mol. The minimum atomic E-state index is -4.62. The average Bonchev–Trinajstić information content (AvgIpc) is 2.46. The fourth-order valence-electron chi connectivity index (χ4n) is 1.88. The van der Waals surface area contributed by atoms with Crippen LogP contribution < -0.4 is 0 Å². The van der Waals surface area contributed by atoms with Crippen molar-refractivity contribution in [1.29, 1.82) is 0 Å². The smallest absolute Gasteiger partial charge is 0.417 e. The van der Waals surface area contributed by atoms with Gasteiger partial charge >= 0.3 is 12.1 Å². The van der Waals surface area contributed by atoms with Crippen LogP contribution in [0.3, 0.4) is 0 Å². The van der Waals surface area contributed by atoms with Crippen LogP contribution in [0.2, 0.25) is 0 Å². The van der Waals surface area contributed by atoms with Gasteiger partial charge in [0.1, 0.15) is 0 Å². The van der Waals surface area contributed by atoms with E-state index in [0.717, 1.165) is 19.2 Å². The van der Waals surface area contributed by atoms with Crippen molar-refractivity contribution in [2.24, 2.45) is 0 Å². The van der Waals surface area contributed by atoms with Gasteiger partial charge < -0.3 is 4.74 Å². The zero-order valence-electron chi connectivity index (χ0n) is 10.6. The van der Waals surface area contributed by atoms with Gasteiger partial charge in [-0.3, -0.25) is 0 Å². The number of carbonyl (C=O) groups is 1. The van der Waals surface area contributed by atoms with Crippen LogP contribution in [0.25, 0.3) is 11.1 Å². The maximum absolute atomic E-state index is 13.0. The number of halogens is 3. The molecule has 0 aliphatic heterocycles. The number of hydrogen-bond donors (Lipinski definition) is 0. The Labute approximate surface area is 113 Å². The molecular formula is C15H11F3O2. The van der Waals surface area contributed by atoms with Crippen molar-refractivity contribution >= 4 is 5.97 Å². The van der Waals surface area contributed by atoms with Crippen LogP contribution in [-0.4, -0.2) is 13.1 Å². The normalized spacial score (nSPS) is 11.2. The SMILES string of the molecule is COC(=O)c1ccc(-c2ccccc2)cc1C(F)(F)F. The largest absolute Gasteiger partial charge is 0.465 e. The summed E-state index contributed by atoms with van der Waals surface area (Å²) in [5, 5.41) is 0. The van der Waals surface area contributed by atoms with Gasteiger partial charge in [-0.15, -0.1) is 0 Å². The van der Waals surface area contributed by atoms with Crippen molar-refractivity contribution < 1.29 is 22.7 Å². The number of ether oxygens (including phenoxy) is 1. The first-order valence-electron chi connectivity index (χ1n) is 5.78. The molecule has 0 radical (unpaired) electrons. The van der Waals surface area contributed by atoms with Crippen molar-refractivity contribution in [2.45, 2.75) is 6.18 Å². The molecule has 2 aromatic carbocycles. The lowest BCUT2D eigenvalue weighted by Gasteiger charge is -2.13. The van der Waals surface area contributed by atoms with E-state index >= 15 is 0 Å². The Kier molecular flexibility index (Phi) is 3.79. The number of esters is 1. The molecule has 0 aromatic heterocycles. The minimum Gasteiger partial charge on any atom is -0.465 e. The van der Waals surface area contributed by atoms with E-state index in [4.69, 9.17) is 0 Å².